The maximum atomic E-state index is 12.1. The maximum absolute atomic E-state index is 12.1. The number of anilines is 1. The summed E-state index contributed by atoms with van der Waals surface area (Å²) in [5, 5.41) is 6.26. The number of carbonyl (C=O) groups excluding carboxylic acids is 2. The van der Waals surface area contributed by atoms with E-state index in [0.717, 1.165) is 56.8 Å². The predicted molar refractivity (Wildman–Crippen MR) is 103 cm³/mol. The number of methoxy groups -OCH3 is 1. The molecule has 144 valence electrons. The second-order valence-electron chi connectivity index (χ2n) is 6.88. The molecule has 2 rings (SSSR count). The van der Waals surface area contributed by atoms with Crippen molar-refractivity contribution in [3.8, 4) is 5.75 Å². The lowest BCUT2D eigenvalue weighted by molar-refractivity contribution is -0.130. The Labute approximate surface area is 156 Å². The molecular weight excluding hydrogens is 330 g/mol. The van der Waals surface area contributed by atoms with E-state index in [1.165, 1.54) is 0 Å². The van der Waals surface area contributed by atoms with Crippen LogP contribution in [-0.4, -0.2) is 49.5 Å². The number of hydrogen-bond donors (Lipinski definition) is 2. The number of rotatable bonds is 9. The molecule has 1 atom stereocenters. The number of nitrogens with one attached hydrogen (secondary N) is 2. The molecular formula is C20H31N3O3. The van der Waals surface area contributed by atoms with Crippen LogP contribution in [0, 0.1) is 0 Å². The van der Waals surface area contributed by atoms with Crippen molar-refractivity contribution >= 4 is 17.5 Å². The highest BCUT2D eigenvalue weighted by atomic mass is 16.5. The zero-order valence-corrected chi connectivity index (χ0v) is 15.9. The SMILES string of the molecule is COc1ccc(NC(=O)CC(C)NCCCN2CCCCCC2=O)cc1. The quantitative estimate of drug-likeness (QED) is 0.664. The van der Waals surface area contributed by atoms with Crippen LogP contribution in [0.2, 0.25) is 0 Å². The third kappa shape index (κ3) is 7.04. The molecule has 0 aromatic heterocycles. The van der Waals surface area contributed by atoms with Crippen LogP contribution in [0.15, 0.2) is 24.3 Å². The molecule has 0 saturated carbocycles. The van der Waals surface area contributed by atoms with Gasteiger partial charge in [0.1, 0.15) is 5.75 Å². The minimum Gasteiger partial charge on any atom is -0.497 e. The minimum absolute atomic E-state index is 0.0159. The van der Waals surface area contributed by atoms with Crippen molar-refractivity contribution in [2.24, 2.45) is 0 Å². The first-order valence-electron chi connectivity index (χ1n) is 9.53. The van der Waals surface area contributed by atoms with Gasteiger partial charge in [0, 0.05) is 37.7 Å². The summed E-state index contributed by atoms with van der Waals surface area (Å²) in [6, 6.07) is 7.39. The van der Waals surface area contributed by atoms with E-state index < -0.39 is 0 Å². The topological polar surface area (TPSA) is 70.7 Å². The van der Waals surface area contributed by atoms with Crippen molar-refractivity contribution in [2.45, 2.75) is 51.5 Å². The molecule has 1 aliphatic heterocycles. The van der Waals surface area contributed by atoms with Crippen LogP contribution in [0.3, 0.4) is 0 Å². The lowest BCUT2D eigenvalue weighted by Gasteiger charge is -2.21. The zero-order valence-electron chi connectivity index (χ0n) is 15.9. The molecule has 0 radical (unpaired) electrons. The van der Waals surface area contributed by atoms with Crippen LogP contribution in [-0.2, 0) is 9.59 Å². The van der Waals surface area contributed by atoms with Crippen LogP contribution >= 0.6 is 0 Å². The van der Waals surface area contributed by atoms with Gasteiger partial charge in [0.2, 0.25) is 11.8 Å². The Kier molecular flexibility index (Phi) is 8.41. The van der Waals surface area contributed by atoms with Gasteiger partial charge in [-0.25, -0.2) is 0 Å². The lowest BCUT2D eigenvalue weighted by Crippen LogP contribution is -2.35. The molecule has 1 aliphatic rings. The van der Waals surface area contributed by atoms with Gasteiger partial charge in [-0.15, -0.1) is 0 Å². The molecule has 1 unspecified atom stereocenters. The Balaban J connectivity index is 1.62. The summed E-state index contributed by atoms with van der Waals surface area (Å²) < 4.78 is 5.10. The van der Waals surface area contributed by atoms with Crippen LogP contribution in [0.1, 0.15) is 45.4 Å². The standard InChI is InChI=1S/C20H31N3O3/c1-16(15-19(24)22-17-8-10-18(26-2)11-9-17)21-12-6-14-23-13-5-3-4-7-20(23)25/h8-11,16,21H,3-7,12-15H2,1-2H3,(H,22,24). The van der Waals surface area contributed by atoms with Gasteiger partial charge in [-0.2, -0.15) is 0 Å². The summed E-state index contributed by atoms with van der Waals surface area (Å²) in [6.07, 6.45) is 5.30. The largest absolute Gasteiger partial charge is 0.497 e. The third-order valence-electron chi connectivity index (χ3n) is 4.63. The molecule has 6 nitrogen and oxygen atoms in total. The highest BCUT2D eigenvalue weighted by Gasteiger charge is 2.16. The van der Waals surface area contributed by atoms with Gasteiger partial charge in [0.25, 0.3) is 0 Å². The number of likely N-dealkylation sites (tertiary alicyclic amines) is 1. The molecule has 0 aliphatic carbocycles. The van der Waals surface area contributed by atoms with Crippen LogP contribution < -0.4 is 15.4 Å². The second kappa shape index (κ2) is 10.8. The number of hydrogen-bond acceptors (Lipinski definition) is 4. The minimum atomic E-state index is -0.0159. The molecule has 6 heteroatoms. The first kappa shape index (κ1) is 20.2. The van der Waals surface area contributed by atoms with E-state index in [1.54, 1.807) is 7.11 Å². The average molecular weight is 361 g/mol. The van der Waals surface area contributed by atoms with E-state index in [1.807, 2.05) is 36.1 Å². The van der Waals surface area contributed by atoms with Gasteiger partial charge in [-0.1, -0.05) is 6.42 Å². The van der Waals surface area contributed by atoms with E-state index in [0.29, 0.717) is 12.8 Å². The summed E-state index contributed by atoms with van der Waals surface area (Å²) in [5.74, 6) is 1.04. The van der Waals surface area contributed by atoms with Gasteiger partial charge >= 0.3 is 0 Å². The Hall–Kier alpha value is -2.08. The van der Waals surface area contributed by atoms with E-state index >= 15 is 0 Å². The Morgan fingerprint density at radius 2 is 2.00 bits per heavy atom. The molecule has 1 aromatic carbocycles. The average Bonchev–Trinajstić information content (AvgIpc) is 2.83. The first-order valence-corrected chi connectivity index (χ1v) is 9.53. The number of ether oxygens (including phenoxy) is 1. The molecule has 1 saturated heterocycles. The molecule has 1 heterocycles. The molecule has 2 N–H and O–H groups in total. The molecule has 2 amide bonds. The number of benzene rings is 1. The van der Waals surface area contributed by atoms with Gasteiger partial charge in [-0.3, -0.25) is 9.59 Å². The van der Waals surface area contributed by atoms with Crippen LogP contribution in [0.5, 0.6) is 5.75 Å². The van der Waals surface area contributed by atoms with Crippen molar-refractivity contribution in [3.05, 3.63) is 24.3 Å². The molecule has 1 fully saturated rings. The maximum Gasteiger partial charge on any atom is 0.225 e. The normalized spacial score (nSPS) is 16.1. The molecule has 0 bridgehead atoms. The zero-order chi connectivity index (χ0) is 18.8. The van der Waals surface area contributed by atoms with Crippen molar-refractivity contribution in [3.63, 3.8) is 0 Å². The second-order valence-corrected chi connectivity index (χ2v) is 6.88. The summed E-state index contributed by atoms with van der Waals surface area (Å²) in [5.41, 5.74) is 0.766. The van der Waals surface area contributed by atoms with E-state index in [2.05, 4.69) is 10.6 Å². The number of carbonyl (C=O) groups is 2. The fourth-order valence-corrected chi connectivity index (χ4v) is 3.13. The number of amides is 2. The van der Waals surface area contributed by atoms with Crippen molar-refractivity contribution in [1.82, 2.24) is 10.2 Å². The Morgan fingerprint density at radius 3 is 2.73 bits per heavy atom. The smallest absolute Gasteiger partial charge is 0.225 e. The lowest BCUT2D eigenvalue weighted by atomic mass is 10.2. The van der Waals surface area contributed by atoms with Crippen molar-refractivity contribution in [1.29, 1.82) is 0 Å². The third-order valence-corrected chi connectivity index (χ3v) is 4.63. The molecule has 0 spiro atoms. The highest BCUT2D eigenvalue weighted by molar-refractivity contribution is 5.91. The summed E-state index contributed by atoms with van der Waals surface area (Å²) in [4.78, 5) is 26.0. The molecule has 1 aromatic rings. The fraction of sp³-hybridized carbons (Fsp3) is 0.600. The summed E-state index contributed by atoms with van der Waals surface area (Å²) >= 11 is 0. The van der Waals surface area contributed by atoms with Gasteiger partial charge < -0.3 is 20.3 Å². The van der Waals surface area contributed by atoms with Crippen molar-refractivity contribution in [2.75, 3.05) is 32.1 Å². The summed E-state index contributed by atoms with van der Waals surface area (Å²) in [6.45, 7) is 4.50. The van der Waals surface area contributed by atoms with Gasteiger partial charge in [-0.05, 0) is 57.0 Å². The van der Waals surface area contributed by atoms with Crippen LogP contribution in [0.25, 0.3) is 0 Å². The van der Waals surface area contributed by atoms with Gasteiger partial charge in [0.05, 0.1) is 7.11 Å². The monoisotopic (exact) mass is 361 g/mol. The van der Waals surface area contributed by atoms with E-state index in [-0.39, 0.29) is 17.9 Å². The fourth-order valence-electron chi connectivity index (χ4n) is 3.13. The number of nitrogens with zero attached hydrogens (tertiary/aromatic N) is 1. The highest BCUT2D eigenvalue weighted by Crippen LogP contribution is 2.15. The van der Waals surface area contributed by atoms with E-state index in [4.69, 9.17) is 4.74 Å². The molecule has 26 heavy (non-hydrogen) atoms. The summed E-state index contributed by atoms with van der Waals surface area (Å²) in [7, 11) is 1.61. The van der Waals surface area contributed by atoms with Gasteiger partial charge in [0.15, 0.2) is 0 Å². The predicted octanol–water partition coefficient (Wildman–Crippen LogP) is 2.79. The van der Waals surface area contributed by atoms with Crippen LogP contribution in [0.4, 0.5) is 5.69 Å². The Bertz CT molecular complexity index is 574. The first-order chi connectivity index (χ1) is 12.6. The Morgan fingerprint density at radius 1 is 1.23 bits per heavy atom. The van der Waals surface area contributed by atoms with E-state index in [9.17, 15) is 9.59 Å². The van der Waals surface area contributed by atoms with Crippen molar-refractivity contribution < 1.29 is 14.3 Å².